The van der Waals surface area contributed by atoms with Crippen LogP contribution in [0.15, 0.2) is 60.7 Å². The van der Waals surface area contributed by atoms with Crippen molar-refractivity contribution in [3.8, 4) is 22.6 Å². The van der Waals surface area contributed by atoms with Crippen molar-refractivity contribution >= 4 is 11.6 Å². The first-order valence-electron chi connectivity index (χ1n) is 11.2. The number of rotatable bonds is 5. The molecule has 1 atom stereocenters. The molecule has 5 heteroatoms. The lowest BCUT2D eigenvalue weighted by Crippen LogP contribution is -2.25. The molecule has 1 unspecified atom stereocenters. The van der Waals surface area contributed by atoms with Crippen LogP contribution in [-0.4, -0.2) is 37.4 Å². The van der Waals surface area contributed by atoms with Gasteiger partial charge in [-0.25, -0.2) is 0 Å². The van der Waals surface area contributed by atoms with Crippen molar-refractivity contribution in [3.05, 3.63) is 82.4 Å². The van der Waals surface area contributed by atoms with Gasteiger partial charge in [0.15, 0.2) is 11.5 Å². The molecule has 2 aliphatic rings. The van der Waals surface area contributed by atoms with Crippen molar-refractivity contribution in [1.82, 2.24) is 4.90 Å². The van der Waals surface area contributed by atoms with E-state index in [9.17, 15) is 0 Å². The summed E-state index contributed by atoms with van der Waals surface area (Å²) in [5, 5.41) is 0.803. The fourth-order valence-corrected chi connectivity index (χ4v) is 4.66. The molecule has 3 aromatic rings. The van der Waals surface area contributed by atoms with E-state index in [-0.39, 0.29) is 6.10 Å². The second-order valence-corrected chi connectivity index (χ2v) is 8.94. The Morgan fingerprint density at radius 1 is 1.06 bits per heavy atom. The Kier molecular flexibility index (Phi) is 6.35. The Hall–Kier alpha value is -2.53. The molecule has 1 fully saturated rings. The smallest absolute Gasteiger partial charge is 0.165 e. The Bertz CT molecular complexity index is 1090. The van der Waals surface area contributed by atoms with Crippen LogP contribution in [0.2, 0.25) is 5.02 Å². The summed E-state index contributed by atoms with van der Waals surface area (Å²) in [7, 11) is 0. The molecule has 0 N–H and O–H groups in total. The average molecular weight is 450 g/mol. The zero-order valence-electron chi connectivity index (χ0n) is 18.4. The van der Waals surface area contributed by atoms with Crippen LogP contribution in [0, 0.1) is 6.92 Å². The van der Waals surface area contributed by atoms with E-state index in [1.54, 1.807) is 0 Å². The van der Waals surface area contributed by atoms with E-state index in [1.165, 1.54) is 11.1 Å². The number of ether oxygens (including phenoxy) is 3. The molecule has 0 aromatic heterocycles. The number of aryl methyl sites for hydroxylation is 1. The number of halogens is 1. The molecule has 0 amide bonds. The van der Waals surface area contributed by atoms with E-state index >= 15 is 0 Å². The summed E-state index contributed by atoms with van der Waals surface area (Å²) in [5.41, 5.74) is 5.88. The topological polar surface area (TPSA) is 30.9 Å². The summed E-state index contributed by atoms with van der Waals surface area (Å²) in [6.45, 7) is 6.51. The summed E-state index contributed by atoms with van der Waals surface area (Å²) >= 11 is 6.44. The summed E-state index contributed by atoms with van der Waals surface area (Å²) in [6.07, 6.45) is 0.972. The van der Waals surface area contributed by atoms with Gasteiger partial charge in [-0.2, -0.15) is 0 Å². The standard InChI is InChI=1S/C27H28ClNO3/c1-19-6-2-4-8-24(19)21-14-22-17-29(16-20-7-3-5-9-25(20)28)11-13-31-27(22)26(15-21)32-23-10-12-30-18-23/h2-9,14-15,23H,10-13,16-18H2,1H3. The Morgan fingerprint density at radius 2 is 1.91 bits per heavy atom. The summed E-state index contributed by atoms with van der Waals surface area (Å²) in [6, 6.07) is 20.9. The number of hydrogen-bond acceptors (Lipinski definition) is 4. The number of hydrogen-bond donors (Lipinski definition) is 0. The van der Waals surface area contributed by atoms with Gasteiger partial charge in [0, 0.05) is 36.6 Å². The van der Waals surface area contributed by atoms with Crippen LogP contribution >= 0.6 is 11.6 Å². The lowest BCUT2D eigenvalue weighted by atomic mass is 9.97. The first kappa shape index (κ1) is 21.3. The van der Waals surface area contributed by atoms with Crippen LogP contribution in [-0.2, 0) is 17.8 Å². The van der Waals surface area contributed by atoms with Crippen molar-refractivity contribution < 1.29 is 14.2 Å². The second-order valence-electron chi connectivity index (χ2n) is 8.53. The Morgan fingerprint density at radius 3 is 2.72 bits per heavy atom. The molecule has 32 heavy (non-hydrogen) atoms. The van der Waals surface area contributed by atoms with Gasteiger partial charge in [-0.15, -0.1) is 0 Å². The quantitative estimate of drug-likeness (QED) is 0.486. The molecule has 5 rings (SSSR count). The predicted octanol–water partition coefficient (Wildman–Crippen LogP) is 5.88. The largest absolute Gasteiger partial charge is 0.488 e. The summed E-state index contributed by atoms with van der Waals surface area (Å²) < 4.78 is 18.2. The van der Waals surface area contributed by atoms with Crippen LogP contribution in [0.25, 0.3) is 11.1 Å². The highest BCUT2D eigenvalue weighted by Crippen LogP contribution is 2.40. The van der Waals surface area contributed by atoms with Gasteiger partial charge in [0.25, 0.3) is 0 Å². The fourth-order valence-electron chi connectivity index (χ4n) is 4.47. The van der Waals surface area contributed by atoms with Crippen molar-refractivity contribution in [3.63, 3.8) is 0 Å². The third kappa shape index (κ3) is 4.63. The van der Waals surface area contributed by atoms with E-state index in [2.05, 4.69) is 54.3 Å². The van der Waals surface area contributed by atoms with Gasteiger partial charge in [-0.1, -0.05) is 54.1 Å². The first-order valence-corrected chi connectivity index (χ1v) is 11.6. The highest BCUT2D eigenvalue weighted by Gasteiger charge is 2.25. The normalized spacial score (nSPS) is 18.6. The van der Waals surface area contributed by atoms with Gasteiger partial charge in [0.1, 0.15) is 12.7 Å². The lowest BCUT2D eigenvalue weighted by Gasteiger charge is -2.21. The maximum absolute atomic E-state index is 6.44. The minimum absolute atomic E-state index is 0.0669. The molecule has 3 aromatic carbocycles. The van der Waals surface area contributed by atoms with E-state index in [4.69, 9.17) is 25.8 Å². The molecule has 0 radical (unpaired) electrons. The van der Waals surface area contributed by atoms with Crippen molar-refractivity contribution in [2.45, 2.75) is 32.5 Å². The van der Waals surface area contributed by atoms with Crippen LogP contribution in [0.3, 0.4) is 0 Å². The van der Waals surface area contributed by atoms with E-state index in [0.717, 1.165) is 65.9 Å². The minimum Gasteiger partial charge on any atom is -0.488 e. The fraction of sp³-hybridized carbons (Fsp3) is 0.333. The van der Waals surface area contributed by atoms with Crippen molar-refractivity contribution in [2.75, 3.05) is 26.4 Å². The second kappa shape index (κ2) is 9.53. The molecular formula is C27H28ClNO3. The molecule has 2 heterocycles. The number of nitrogens with zero attached hydrogens (tertiary/aromatic N) is 1. The minimum atomic E-state index is 0.0669. The lowest BCUT2D eigenvalue weighted by molar-refractivity contribution is 0.137. The van der Waals surface area contributed by atoms with Gasteiger partial charge in [-0.05, 0) is 47.4 Å². The maximum atomic E-state index is 6.44. The molecule has 0 bridgehead atoms. The SMILES string of the molecule is Cc1ccccc1-c1cc2c(c(OC3CCOC3)c1)OCCN(Cc1ccccc1Cl)C2. The third-order valence-electron chi connectivity index (χ3n) is 6.17. The summed E-state index contributed by atoms with van der Waals surface area (Å²) in [4.78, 5) is 2.39. The van der Waals surface area contributed by atoms with Crippen LogP contribution in [0.4, 0.5) is 0 Å². The number of fused-ring (bicyclic) bond motifs is 1. The molecule has 2 aliphatic heterocycles. The van der Waals surface area contributed by atoms with Crippen LogP contribution < -0.4 is 9.47 Å². The third-order valence-corrected chi connectivity index (χ3v) is 6.54. The number of benzene rings is 3. The molecular weight excluding hydrogens is 422 g/mol. The Labute approximate surface area is 194 Å². The van der Waals surface area contributed by atoms with Gasteiger partial charge < -0.3 is 14.2 Å². The van der Waals surface area contributed by atoms with Crippen molar-refractivity contribution in [1.29, 1.82) is 0 Å². The highest BCUT2D eigenvalue weighted by molar-refractivity contribution is 6.31. The van der Waals surface area contributed by atoms with E-state index < -0.39 is 0 Å². The van der Waals surface area contributed by atoms with Crippen LogP contribution in [0.5, 0.6) is 11.5 Å². The summed E-state index contributed by atoms with van der Waals surface area (Å²) in [5.74, 6) is 1.67. The molecule has 0 spiro atoms. The van der Waals surface area contributed by atoms with Gasteiger partial charge >= 0.3 is 0 Å². The molecule has 0 saturated carbocycles. The molecule has 4 nitrogen and oxygen atoms in total. The Balaban J connectivity index is 1.51. The van der Waals surface area contributed by atoms with Gasteiger partial charge in [0.2, 0.25) is 0 Å². The zero-order valence-corrected chi connectivity index (χ0v) is 19.1. The molecule has 166 valence electrons. The van der Waals surface area contributed by atoms with Crippen LogP contribution in [0.1, 0.15) is 23.1 Å². The predicted molar refractivity (Wildman–Crippen MR) is 128 cm³/mol. The highest BCUT2D eigenvalue weighted by atomic mass is 35.5. The maximum Gasteiger partial charge on any atom is 0.165 e. The van der Waals surface area contributed by atoms with E-state index in [1.807, 2.05) is 18.2 Å². The monoisotopic (exact) mass is 449 g/mol. The van der Waals surface area contributed by atoms with Gasteiger partial charge in [-0.3, -0.25) is 4.90 Å². The molecule has 1 saturated heterocycles. The average Bonchev–Trinajstić information content (AvgIpc) is 3.21. The zero-order chi connectivity index (χ0) is 21.9. The first-order chi connectivity index (χ1) is 15.7. The van der Waals surface area contributed by atoms with E-state index in [0.29, 0.717) is 13.2 Å². The molecule has 0 aliphatic carbocycles. The van der Waals surface area contributed by atoms with Gasteiger partial charge in [0.05, 0.1) is 13.2 Å². The van der Waals surface area contributed by atoms with Crippen molar-refractivity contribution in [2.24, 2.45) is 0 Å².